The van der Waals surface area contributed by atoms with Gasteiger partial charge in [-0.2, -0.15) is 0 Å². The number of fused-ring (bicyclic) bond motifs is 1. The summed E-state index contributed by atoms with van der Waals surface area (Å²) in [5.74, 6) is 0.673. The summed E-state index contributed by atoms with van der Waals surface area (Å²) in [7, 11) is 4.42. The lowest BCUT2D eigenvalue weighted by Crippen LogP contribution is -2.40. The maximum Gasteiger partial charge on any atom is 0.308 e. The fourth-order valence-corrected chi connectivity index (χ4v) is 3.73. The van der Waals surface area contributed by atoms with Gasteiger partial charge >= 0.3 is 5.97 Å². The molecule has 1 fully saturated rings. The van der Waals surface area contributed by atoms with Gasteiger partial charge in [0, 0.05) is 32.1 Å². The number of ether oxygens (including phenoxy) is 3. The van der Waals surface area contributed by atoms with Crippen molar-refractivity contribution >= 4 is 22.8 Å². The second kappa shape index (κ2) is 9.60. The number of carbonyl (C=O) groups is 2. The Hall–Kier alpha value is -3.10. The number of amides is 1. The van der Waals surface area contributed by atoms with Gasteiger partial charge in [0.1, 0.15) is 0 Å². The van der Waals surface area contributed by atoms with Crippen LogP contribution >= 0.6 is 0 Å². The minimum Gasteiger partial charge on any atom is -0.493 e. The average Bonchev–Trinajstić information content (AvgIpc) is 2.79. The lowest BCUT2D eigenvalue weighted by Gasteiger charge is -2.30. The van der Waals surface area contributed by atoms with E-state index in [2.05, 4.69) is 4.98 Å². The number of methoxy groups -OCH3 is 3. The van der Waals surface area contributed by atoms with Crippen LogP contribution in [0.1, 0.15) is 25.7 Å². The molecule has 162 valence electrons. The Morgan fingerprint density at radius 2 is 1.77 bits per heavy atom. The highest BCUT2D eigenvalue weighted by Crippen LogP contribution is 2.29. The van der Waals surface area contributed by atoms with Gasteiger partial charge in [0.2, 0.25) is 5.91 Å². The number of esters is 1. The zero-order valence-electron chi connectivity index (χ0n) is 17.6. The van der Waals surface area contributed by atoms with Crippen LogP contribution < -0.4 is 15.0 Å². The van der Waals surface area contributed by atoms with E-state index in [9.17, 15) is 14.4 Å². The zero-order chi connectivity index (χ0) is 21.7. The van der Waals surface area contributed by atoms with Crippen LogP contribution in [-0.4, -0.2) is 60.7 Å². The Labute approximate surface area is 174 Å². The number of likely N-dealkylation sites (tertiary alicyclic amines) is 1. The van der Waals surface area contributed by atoms with Crippen molar-refractivity contribution in [2.75, 3.05) is 34.4 Å². The van der Waals surface area contributed by atoms with Crippen molar-refractivity contribution < 1.29 is 23.8 Å². The average molecular weight is 417 g/mol. The SMILES string of the molecule is COC(=O)C1CCN(C(=O)CCCn2cnc3cc(OC)c(OC)cc3c2=O)CC1. The third-order valence-corrected chi connectivity index (χ3v) is 5.50. The van der Waals surface area contributed by atoms with E-state index in [1.54, 1.807) is 17.0 Å². The first kappa shape index (κ1) is 21.6. The van der Waals surface area contributed by atoms with E-state index >= 15 is 0 Å². The Bertz CT molecular complexity index is 979. The Morgan fingerprint density at radius 3 is 2.40 bits per heavy atom. The minimum absolute atomic E-state index is 0.0338. The molecule has 2 aromatic rings. The van der Waals surface area contributed by atoms with Crippen LogP contribution in [0.25, 0.3) is 10.9 Å². The van der Waals surface area contributed by atoms with Crippen LogP contribution in [0.3, 0.4) is 0 Å². The van der Waals surface area contributed by atoms with E-state index in [-0.39, 0.29) is 23.4 Å². The van der Waals surface area contributed by atoms with E-state index < -0.39 is 0 Å². The summed E-state index contributed by atoms with van der Waals surface area (Å²) in [6.45, 7) is 1.50. The second-order valence-electron chi connectivity index (χ2n) is 7.25. The fourth-order valence-electron chi connectivity index (χ4n) is 3.73. The molecule has 0 N–H and O–H groups in total. The standard InChI is InChI=1S/C21H27N3O6/c1-28-17-11-15-16(12-18(17)29-2)22-13-24(20(15)26)8-4-5-19(25)23-9-6-14(7-10-23)21(27)30-3/h11-14H,4-10H2,1-3H3. The van der Waals surface area contributed by atoms with Crippen LogP contribution in [0, 0.1) is 5.92 Å². The Morgan fingerprint density at radius 1 is 1.10 bits per heavy atom. The molecule has 2 heterocycles. The third-order valence-electron chi connectivity index (χ3n) is 5.50. The van der Waals surface area contributed by atoms with Gasteiger partial charge in [-0.3, -0.25) is 19.0 Å². The molecule has 1 aromatic carbocycles. The molecule has 0 bridgehead atoms. The van der Waals surface area contributed by atoms with Gasteiger partial charge in [0.25, 0.3) is 5.56 Å². The van der Waals surface area contributed by atoms with E-state index in [4.69, 9.17) is 14.2 Å². The van der Waals surface area contributed by atoms with Crippen molar-refractivity contribution in [2.45, 2.75) is 32.2 Å². The van der Waals surface area contributed by atoms with Gasteiger partial charge in [-0.1, -0.05) is 0 Å². The number of aryl methyl sites for hydroxylation is 1. The number of benzene rings is 1. The highest BCUT2D eigenvalue weighted by atomic mass is 16.5. The molecule has 0 saturated carbocycles. The number of rotatable bonds is 7. The molecule has 1 aliphatic heterocycles. The highest BCUT2D eigenvalue weighted by molar-refractivity contribution is 5.81. The maximum atomic E-state index is 12.8. The lowest BCUT2D eigenvalue weighted by molar-refractivity contribution is -0.148. The molecule has 0 unspecified atom stereocenters. The van der Waals surface area contributed by atoms with Gasteiger partial charge in [0.05, 0.1) is 44.5 Å². The van der Waals surface area contributed by atoms with E-state index in [1.807, 2.05) is 0 Å². The number of piperidine rings is 1. The summed E-state index contributed by atoms with van der Waals surface area (Å²) in [6, 6.07) is 3.29. The normalized spacial score (nSPS) is 14.6. The number of hydrogen-bond donors (Lipinski definition) is 0. The smallest absolute Gasteiger partial charge is 0.308 e. The first-order valence-corrected chi connectivity index (χ1v) is 9.95. The maximum absolute atomic E-state index is 12.8. The van der Waals surface area contributed by atoms with Crippen LogP contribution in [0.4, 0.5) is 0 Å². The number of nitrogens with zero attached hydrogens (tertiary/aromatic N) is 3. The summed E-state index contributed by atoms with van der Waals surface area (Å²) >= 11 is 0. The number of hydrogen-bond acceptors (Lipinski definition) is 7. The van der Waals surface area contributed by atoms with Gasteiger partial charge in [-0.05, 0) is 25.3 Å². The molecule has 0 aliphatic carbocycles. The minimum atomic E-state index is -0.209. The highest BCUT2D eigenvalue weighted by Gasteiger charge is 2.27. The summed E-state index contributed by atoms with van der Waals surface area (Å²) in [4.78, 5) is 43.0. The monoisotopic (exact) mass is 417 g/mol. The molecule has 1 aliphatic rings. The zero-order valence-corrected chi connectivity index (χ0v) is 17.6. The van der Waals surface area contributed by atoms with Crippen LogP contribution in [0.2, 0.25) is 0 Å². The Kier molecular flexibility index (Phi) is 6.91. The van der Waals surface area contributed by atoms with Crippen molar-refractivity contribution in [1.29, 1.82) is 0 Å². The molecule has 0 atom stereocenters. The van der Waals surface area contributed by atoms with Gasteiger partial charge in [-0.25, -0.2) is 4.98 Å². The van der Waals surface area contributed by atoms with Crippen LogP contribution in [0.15, 0.2) is 23.3 Å². The molecule has 1 saturated heterocycles. The first-order valence-electron chi connectivity index (χ1n) is 9.95. The fraction of sp³-hybridized carbons (Fsp3) is 0.524. The number of carbonyl (C=O) groups excluding carboxylic acids is 2. The molecule has 0 spiro atoms. The lowest BCUT2D eigenvalue weighted by atomic mass is 9.97. The van der Waals surface area contributed by atoms with E-state index in [0.717, 1.165) is 0 Å². The molecular formula is C21H27N3O6. The summed E-state index contributed by atoms with van der Waals surface area (Å²) < 4.78 is 16.8. The molecule has 1 amide bonds. The third kappa shape index (κ3) is 4.55. The summed E-state index contributed by atoms with van der Waals surface area (Å²) in [5, 5.41) is 0.436. The molecule has 9 heteroatoms. The van der Waals surface area contributed by atoms with Crippen molar-refractivity contribution in [2.24, 2.45) is 5.92 Å². The second-order valence-corrected chi connectivity index (χ2v) is 7.25. The van der Waals surface area contributed by atoms with Crippen molar-refractivity contribution in [3.63, 3.8) is 0 Å². The molecule has 0 radical (unpaired) electrons. The Balaban J connectivity index is 1.59. The molecule has 30 heavy (non-hydrogen) atoms. The van der Waals surface area contributed by atoms with Crippen LogP contribution in [0.5, 0.6) is 11.5 Å². The summed E-state index contributed by atoms with van der Waals surface area (Å²) in [6.07, 6.45) is 3.59. The largest absolute Gasteiger partial charge is 0.493 e. The van der Waals surface area contributed by atoms with E-state index in [0.29, 0.717) is 67.7 Å². The van der Waals surface area contributed by atoms with Crippen molar-refractivity contribution in [1.82, 2.24) is 14.5 Å². The topological polar surface area (TPSA) is 100.0 Å². The van der Waals surface area contributed by atoms with Crippen molar-refractivity contribution in [3.8, 4) is 11.5 Å². The molecule has 1 aromatic heterocycles. The van der Waals surface area contributed by atoms with Crippen LogP contribution in [-0.2, 0) is 20.9 Å². The van der Waals surface area contributed by atoms with E-state index in [1.165, 1.54) is 32.2 Å². The van der Waals surface area contributed by atoms with Crippen molar-refractivity contribution in [3.05, 3.63) is 28.8 Å². The quantitative estimate of drug-likeness (QED) is 0.631. The molecule has 9 nitrogen and oxygen atoms in total. The van der Waals surface area contributed by atoms with Gasteiger partial charge in [0.15, 0.2) is 11.5 Å². The first-order chi connectivity index (χ1) is 14.5. The molecular weight excluding hydrogens is 390 g/mol. The van der Waals surface area contributed by atoms with Gasteiger partial charge < -0.3 is 19.1 Å². The predicted octanol–water partition coefficient (Wildman–Crippen LogP) is 1.61. The number of aromatic nitrogens is 2. The summed E-state index contributed by atoms with van der Waals surface area (Å²) in [5.41, 5.74) is 0.339. The van der Waals surface area contributed by atoms with Gasteiger partial charge in [-0.15, -0.1) is 0 Å². The predicted molar refractivity (Wildman–Crippen MR) is 110 cm³/mol. The molecule has 3 rings (SSSR count).